The van der Waals surface area contributed by atoms with Gasteiger partial charge in [-0.15, -0.1) is 5.10 Å². The number of amidine groups is 1. The van der Waals surface area contributed by atoms with E-state index in [2.05, 4.69) is 20.2 Å². The van der Waals surface area contributed by atoms with Crippen molar-refractivity contribution < 1.29 is 5.21 Å². The van der Waals surface area contributed by atoms with Gasteiger partial charge in [-0.2, -0.15) is 0 Å². The predicted molar refractivity (Wildman–Crippen MR) is 59.4 cm³/mol. The van der Waals surface area contributed by atoms with Crippen LogP contribution in [0.1, 0.15) is 11.6 Å². The Morgan fingerprint density at radius 2 is 2.35 bits per heavy atom. The second-order valence-electron chi connectivity index (χ2n) is 3.52. The Bertz CT molecular complexity index is 527. The number of aryl methyl sites for hydroxylation is 3. The molecule has 8 heteroatoms. The first kappa shape index (κ1) is 11.1. The van der Waals surface area contributed by atoms with Crippen molar-refractivity contribution in [2.24, 2.45) is 17.9 Å². The van der Waals surface area contributed by atoms with Gasteiger partial charge in [-0.05, 0) is 0 Å². The van der Waals surface area contributed by atoms with Crippen LogP contribution in [-0.4, -0.2) is 35.4 Å². The molecule has 0 amide bonds. The van der Waals surface area contributed by atoms with E-state index in [1.54, 1.807) is 10.9 Å². The van der Waals surface area contributed by atoms with E-state index >= 15 is 0 Å². The summed E-state index contributed by atoms with van der Waals surface area (Å²) >= 11 is 0. The summed E-state index contributed by atoms with van der Waals surface area (Å²) in [7, 11) is 1.94. The SMILES string of the molecule is Cn1ccnc1CCn1cnc(/C(N)=N/O)n1. The molecule has 3 N–H and O–H groups in total. The lowest BCUT2D eigenvalue weighted by molar-refractivity contribution is 0.318. The summed E-state index contributed by atoms with van der Waals surface area (Å²) < 4.78 is 3.57. The van der Waals surface area contributed by atoms with Crippen molar-refractivity contribution in [2.45, 2.75) is 13.0 Å². The lowest BCUT2D eigenvalue weighted by Gasteiger charge is -2.01. The molecule has 8 nitrogen and oxygen atoms in total. The van der Waals surface area contributed by atoms with Crippen molar-refractivity contribution in [1.82, 2.24) is 24.3 Å². The molecule has 2 rings (SSSR count). The molecule has 0 radical (unpaired) electrons. The van der Waals surface area contributed by atoms with E-state index in [4.69, 9.17) is 10.9 Å². The highest BCUT2D eigenvalue weighted by molar-refractivity contribution is 5.93. The fourth-order valence-corrected chi connectivity index (χ4v) is 1.42. The Kier molecular flexibility index (Phi) is 3.03. The molecule has 2 heterocycles. The number of hydrogen-bond donors (Lipinski definition) is 2. The van der Waals surface area contributed by atoms with Gasteiger partial charge in [0.25, 0.3) is 0 Å². The zero-order valence-electron chi connectivity index (χ0n) is 9.35. The first-order chi connectivity index (χ1) is 8.20. The fraction of sp³-hybridized carbons (Fsp3) is 0.333. The molecule has 0 aromatic carbocycles. The quantitative estimate of drug-likeness (QED) is 0.317. The van der Waals surface area contributed by atoms with E-state index in [1.165, 1.54) is 6.33 Å². The highest BCUT2D eigenvalue weighted by atomic mass is 16.4. The number of imidazole rings is 1. The van der Waals surface area contributed by atoms with Gasteiger partial charge < -0.3 is 15.5 Å². The van der Waals surface area contributed by atoms with E-state index in [0.717, 1.165) is 12.2 Å². The van der Waals surface area contributed by atoms with Gasteiger partial charge in [0.1, 0.15) is 12.2 Å². The van der Waals surface area contributed by atoms with Crippen LogP contribution in [0.15, 0.2) is 23.9 Å². The molecule has 90 valence electrons. The van der Waals surface area contributed by atoms with Crippen LogP contribution in [0.4, 0.5) is 0 Å². The maximum absolute atomic E-state index is 8.47. The highest BCUT2D eigenvalue weighted by Crippen LogP contribution is 1.98. The molecule has 0 saturated heterocycles. The largest absolute Gasteiger partial charge is 0.409 e. The van der Waals surface area contributed by atoms with Gasteiger partial charge in [-0.25, -0.2) is 9.97 Å². The number of hydrogen-bond acceptors (Lipinski definition) is 5. The Morgan fingerprint density at radius 3 is 3.00 bits per heavy atom. The first-order valence-corrected chi connectivity index (χ1v) is 5.04. The topological polar surface area (TPSA) is 107 Å². The van der Waals surface area contributed by atoms with Crippen molar-refractivity contribution in [3.05, 3.63) is 30.4 Å². The monoisotopic (exact) mass is 235 g/mol. The molecule has 17 heavy (non-hydrogen) atoms. The number of nitrogens with two attached hydrogens (primary N) is 1. The van der Waals surface area contributed by atoms with Crippen LogP contribution in [-0.2, 0) is 20.0 Å². The van der Waals surface area contributed by atoms with Crippen molar-refractivity contribution in [1.29, 1.82) is 0 Å². The van der Waals surface area contributed by atoms with Gasteiger partial charge in [0.05, 0.1) is 0 Å². The molecule has 0 aliphatic carbocycles. The molecule has 0 atom stereocenters. The zero-order valence-corrected chi connectivity index (χ0v) is 9.35. The summed E-state index contributed by atoms with van der Waals surface area (Å²) in [6.45, 7) is 0.635. The predicted octanol–water partition coefficient (Wildman–Crippen LogP) is -0.651. The standard InChI is InChI=1S/C9H13N7O/c1-15-5-3-11-7(15)2-4-16-6-12-9(13-16)8(10)14-17/h3,5-6,17H,2,4H2,1H3,(H2,10,14). The minimum Gasteiger partial charge on any atom is -0.409 e. The third-order valence-electron chi connectivity index (χ3n) is 2.36. The lowest BCUT2D eigenvalue weighted by atomic mass is 10.4. The minimum absolute atomic E-state index is 0.0965. The van der Waals surface area contributed by atoms with Gasteiger partial charge in [-0.3, -0.25) is 4.68 Å². The Balaban J connectivity index is 2.01. The van der Waals surface area contributed by atoms with Crippen molar-refractivity contribution >= 4 is 5.84 Å². The van der Waals surface area contributed by atoms with Crippen LogP contribution in [0, 0.1) is 0 Å². The second-order valence-corrected chi connectivity index (χ2v) is 3.52. The summed E-state index contributed by atoms with van der Waals surface area (Å²) in [5.41, 5.74) is 5.37. The van der Waals surface area contributed by atoms with Gasteiger partial charge in [0.15, 0.2) is 0 Å². The smallest absolute Gasteiger partial charge is 0.219 e. The van der Waals surface area contributed by atoms with Gasteiger partial charge in [0.2, 0.25) is 11.7 Å². The van der Waals surface area contributed by atoms with E-state index in [1.807, 2.05) is 17.8 Å². The van der Waals surface area contributed by atoms with Crippen molar-refractivity contribution in [3.8, 4) is 0 Å². The normalized spacial score (nSPS) is 11.9. The van der Waals surface area contributed by atoms with Gasteiger partial charge in [-0.1, -0.05) is 5.16 Å². The molecule has 0 saturated carbocycles. The number of nitrogens with zero attached hydrogens (tertiary/aromatic N) is 6. The van der Waals surface area contributed by atoms with Crippen molar-refractivity contribution in [2.75, 3.05) is 0 Å². The Morgan fingerprint density at radius 1 is 1.53 bits per heavy atom. The van der Waals surface area contributed by atoms with E-state index < -0.39 is 0 Å². The van der Waals surface area contributed by atoms with Crippen molar-refractivity contribution in [3.63, 3.8) is 0 Å². The lowest BCUT2D eigenvalue weighted by Crippen LogP contribution is -2.16. The molecule has 0 aliphatic rings. The third kappa shape index (κ3) is 2.41. The van der Waals surface area contributed by atoms with Crippen LogP contribution < -0.4 is 5.73 Å². The maximum atomic E-state index is 8.47. The highest BCUT2D eigenvalue weighted by Gasteiger charge is 2.06. The van der Waals surface area contributed by atoms with E-state index in [0.29, 0.717) is 6.54 Å². The molecule has 0 bridgehead atoms. The fourth-order valence-electron chi connectivity index (χ4n) is 1.42. The van der Waals surface area contributed by atoms with Crippen LogP contribution in [0.2, 0.25) is 0 Å². The summed E-state index contributed by atoms with van der Waals surface area (Å²) in [5.74, 6) is 1.08. The summed E-state index contributed by atoms with van der Waals surface area (Å²) in [6, 6.07) is 0. The molecule has 0 unspecified atom stereocenters. The summed E-state index contributed by atoms with van der Waals surface area (Å²) in [6.07, 6.45) is 5.91. The zero-order chi connectivity index (χ0) is 12.3. The summed E-state index contributed by atoms with van der Waals surface area (Å²) in [5, 5.41) is 15.4. The average Bonchev–Trinajstić information content (AvgIpc) is 2.94. The molecule has 2 aromatic rings. The first-order valence-electron chi connectivity index (χ1n) is 5.04. The third-order valence-corrected chi connectivity index (χ3v) is 2.36. The molecular formula is C9H13N7O. The number of aromatic nitrogens is 5. The molecule has 2 aromatic heterocycles. The van der Waals surface area contributed by atoms with E-state index in [9.17, 15) is 0 Å². The van der Waals surface area contributed by atoms with Crippen LogP contribution in [0.25, 0.3) is 0 Å². The molecule has 0 spiro atoms. The summed E-state index contributed by atoms with van der Waals surface area (Å²) in [4.78, 5) is 8.12. The second kappa shape index (κ2) is 4.64. The molecular weight excluding hydrogens is 222 g/mol. The van der Waals surface area contributed by atoms with Crippen LogP contribution in [0.3, 0.4) is 0 Å². The van der Waals surface area contributed by atoms with Crippen LogP contribution in [0.5, 0.6) is 0 Å². The van der Waals surface area contributed by atoms with E-state index in [-0.39, 0.29) is 11.7 Å². The Labute approximate surface area is 97.4 Å². The van der Waals surface area contributed by atoms with Gasteiger partial charge >= 0.3 is 0 Å². The number of oxime groups is 1. The van der Waals surface area contributed by atoms with Gasteiger partial charge in [0, 0.05) is 32.4 Å². The minimum atomic E-state index is -0.0965. The Hall–Kier alpha value is -2.38. The maximum Gasteiger partial charge on any atom is 0.219 e. The average molecular weight is 235 g/mol. The molecule has 0 fully saturated rings. The molecule has 0 aliphatic heterocycles. The van der Waals surface area contributed by atoms with Crippen LogP contribution >= 0.6 is 0 Å². The number of rotatable bonds is 4.